The molecular weight excluding hydrogens is 392 g/mol. The van der Waals surface area contributed by atoms with E-state index in [-0.39, 0.29) is 17.1 Å². The van der Waals surface area contributed by atoms with Gasteiger partial charge in [0, 0.05) is 10.5 Å². The van der Waals surface area contributed by atoms with Gasteiger partial charge in [-0.25, -0.2) is 4.98 Å². The van der Waals surface area contributed by atoms with E-state index in [1.165, 1.54) is 18.2 Å². The highest BCUT2D eigenvalue weighted by molar-refractivity contribution is 9.10. The van der Waals surface area contributed by atoms with Crippen molar-refractivity contribution in [3.8, 4) is 5.75 Å². The van der Waals surface area contributed by atoms with Gasteiger partial charge in [0.15, 0.2) is 10.9 Å². The molecule has 3 rings (SSSR count). The summed E-state index contributed by atoms with van der Waals surface area (Å²) in [5.74, 6) is 0.254. The Bertz CT molecular complexity index is 767. The minimum atomic E-state index is -0.206. The molecule has 1 heterocycles. The minimum absolute atomic E-state index is 0.0933. The molecule has 1 unspecified atom stereocenters. The van der Waals surface area contributed by atoms with Crippen LogP contribution >= 0.6 is 27.5 Å². The van der Waals surface area contributed by atoms with Crippen LogP contribution in [0, 0.1) is 0 Å². The largest absolute Gasteiger partial charge is 0.494 e. The average molecular weight is 410 g/mol. The molecule has 4 nitrogen and oxygen atoms in total. The van der Waals surface area contributed by atoms with E-state index >= 15 is 0 Å². The van der Waals surface area contributed by atoms with Crippen molar-refractivity contribution in [1.29, 1.82) is 0 Å². The lowest BCUT2D eigenvalue weighted by Crippen LogP contribution is -2.36. The quantitative estimate of drug-likeness (QED) is 0.611. The first-order valence-electron chi connectivity index (χ1n) is 7.85. The van der Waals surface area contributed by atoms with Gasteiger partial charge in [0.25, 0.3) is 5.91 Å². The molecule has 0 saturated carbocycles. The normalized spacial score (nSPS) is 16.9. The molecule has 0 spiro atoms. The number of hydrogen-bond acceptors (Lipinski definition) is 3. The molecule has 0 fully saturated rings. The van der Waals surface area contributed by atoms with Gasteiger partial charge in [-0.05, 0) is 61.1 Å². The summed E-state index contributed by atoms with van der Waals surface area (Å²) in [6, 6.07) is 9.75. The Hall–Kier alpha value is -1.59. The molecule has 1 aliphatic rings. The van der Waals surface area contributed by atoms with Crippen molar-refractivity contribution in [2.24, 2.45) is 0 Å². The fourth-order valence-electron chi connectivity index (χ4n) is 3.02. The zero-order valence-corrected chi connectivity index (χ0v) is 15.7. The van der Waals surface area contributed by atoms with Gasteiger partial charge in [-0.15, -0.1) is 0 Å². The van der Waals surface area contributed by atoms with Gasteiger partial charge < -0.3 is 10.1 Å². The van der Waals surface area contributed by atoms with Crippen molar-refractivity contribution in [2.75, 3.05) is 7.11 Å². The summed E-state index contributed by atoms with van der Waals surface area (Å²) >= 11 is 9.53. The molecule has 0 saturated heterocycles. The third kappa shape index (κ3) is 3.90. The van der Waals surface area contributed by atoms with Crippen LogP contribution in [0.15, 0.2) is 34.8 Å². The van der Waals surface area contributed by atoms with Crippen LogP contribution in [0.2, 0.25) is 5.15 Å². The number of hydrogen-bond donors (Lipinski definition) is 1. The maximum absolute atomic E-state index is 12.5. The zero-order valence-electron chi connectivity index (χ0n) is 13.3. The van der Waals surface area contributed by atoms with E-state index < -0.39 is 0 Å². The molecule has 0 radical (unpaired) electrons. The number of aryl methyl sites for hydroxylation is 1. The molecule has 6 heteroatoms. The van der Waals surface area contributed by atoms with Gasteiger partial charge in [-0.1, -0.05) is 33.6 Å². The number of nitrogens with zero attached hydrogens (tertiary/aromatic N) is 1. The number of carbonyl (C=O) groups excluding carboxylic acids is 1. The number of halogens is 2. The number of aromatic nitrogens is 1. The Morgan fingerprint density at radius 1 is 1.33 bits per heavy atom. The second-order valence-corrected chi connectivity index (χ2v) is 7.14. The van der Waals surface area contributed by atoms with Gasteiger partial charge >= 0.3 is 0 Å². The number of pyridine rings is 1. The molecule has 1 aromatic carbocycles. The number of amides is 1. The Kier molecular flexibility index (Phi) is 5.41. The van der Waals surface area contributed by atoms with E-state index in [4.69, 9.17) is 16.3 Å². The summed E-state index contributed by atoms with van der Waals surface area (Å²) in [5, 5.41) is 3.28. The Balaban J connectivity index is 1.73. The number of nitrogens with one attached hydrogen (secondary N) is 1. The lowest BCUT2D eigenvalue weighted by atomic mass is 10.0. The van der Waals surface area contributed by atoms with Crippen molar-refractivity contribution in [3.05, 3.63) is 56.8 Å². The van der Waals surface area contributed by atoms with Crippen molar-refractivity contribution >= 4 is 33.4 Å². The lowest BCUT2D eigenvalue weighted by Gasteiger charge is -2.17. The van der Waals surface area contributed by atoms with Crippen LogP contribution in [-0.2, 0) is 12.8 Å². The van der Waals surface area contributed by atoms with Crippen molar-refractivity contribution in [1.82, 2.24) is 10.3 Å². The zero-order chi connectivity index (χ0) is 17.1. The Morgan fingerprint density at radius 2 is 2.17 bits per heavy atom. The minimum Gasteiger partial charge on any atom is -0.494 e. The summed E-state index contributed by atoms with van der Waals surface area (Å²) in [5.41, 5.74) is 2.95. The molecule has 0 bridgehead atoms. The standard InChI is InChI=1S/C18H18BrClN2O2/c1-24-16-8-7-15(22-17(16)20)18(23)21-14-4-2-3-11-5-6-13(19)9-12(11)10-14/h5-9,14H,2-4,10H2,1H3,(H,21,23). The van der Waals surface area contributed by atoms with Gasteiger partial charge in [0.05, 0.1) is 7.11 Å². The summed E-state index contributed by atoms with van der Waals surface area (Å²) < 4.78 is 6.13. The van der Waals surface area contributed by atoms with Crippen LogP contribution in [0.5, 0.6) is 5.75 Å². The highest BCUT2D eigenvalue weighted by atomic mass is 79.9. The molecule has 1 amide bonds. The smallest absolute Gasteiger partial charge is 0.270 e. The highest BCUT2D eigenvalue weighted by Gasteiger charge is 2.20. The Morgan fingerprint density at radius 3 is 2.92 bits per heavy atom. The molecular formula is C18H18BrClN2O2. The molecule has 1 N–H and O–H groups in total. The van der Waals surface area contributed by atoms with E-state index in [0.29, 0.717) is 11.4 Å². The van der Waals surface area contributed by atoms with Crippen LogP contribution in [-0.4, -0.2) is 24.0 Å². The number of fused-ring (bicyclic) bond motifs is 1. The van der Waals surface area contributed by atoms with E-state index in [9.17, 15) is 4.79 Å². The molecule has 24 heavy (non-hydrogen) atoms. The number of methoxy groups -OCH3 is 1. The molecule has 1 atom stereocenters. The van der Waals surface area contributed by atoms with Crippen LogP contribution in [0.25, 0.3) is 0 Å². The number of carbonyl (C=O) groups is 1. The summed E-state index contributed by atoms with van der Waals surface area (Å²) in [4.78, 5) is 16.6. The van der Waals surface area contributed by atoms with E-state index in [1.54, 1.807) is 12.1 Å². The first-order chi connectivity index (χ1) is 11.6. The fraction of sp³-hybridized carbons (Fsp3) is 0.333. The first-order valence-corrected chi connectivity index (χ1v) is 9.02. The third-order valence-electron chi connectivity index (χ3n) is 4.24. The van der Waals surface area contributed by atoms with Crippen molar-refractivity contribution in [3.63, 3.8) is 0 Å². The van der Waals surface area contributed by atoms with Crippen LogP contribution in [0.4, 0.5) is 0 Å². The lowest BCUT2D eigenvalue weighted by molar-refractivity contribution is 0.0930. The first kappa shape index (κ1) is 17.2. The topological polar surface area (TPSA) is 51.2 Å². The SMILES string of the molecule is COc1ccc(C(=O)NC2CCCc3ccc(Br)cc3C2)nc1Cl. The number of rotatable bonds is 3. The third-order valence-corrected chi connectivity index (χ3v) is 5.00. The van der Waals surface area contributed by atoms with E-state index in [0.717, 1.165) is 30.2 Å². The molecule has 2 aromatic rings. The number of ether oxygens (including phenoxy) is 1. The van der Waals surface area contributed by atoms with E-state index in [2.05, 4.69) is 44.4 Å². The molecule has 1 aromatic heterocycles. The van der Waals surface area contributed by atoms with Crippen LogP contribution in [0.1, 0.15) is 34.5 Å². The predicted octanol–water partition coefficient (Wildman–Crippen LogP) is 4.18. The second-order valence-electron chi connectivity index (χ2n) is 5.87. The summed E-state index contributed by atoms with van der Waals surface area (Å²) in [6.07, 6.45) is 3.87. The van der Waals surface area contributed by atoms with Gasteiger partial charge in [0.1, 0.15) is 5.69 Å². The maximum atomic E-state index is 12.5. The van der Waals surface area contributed by atoms with Gasteiger partial charge in [-0.2, -0.15) is 0 Å². The predicted molar refractivity (Wildman–Crippen MR) is 97.8 cm³/mol. The monoisotopic (exact) mass is 408 g/mol. The van der Waals surface area contributed by atoms with Gasteiger partial charge in [-0.3, -0.25) is 4.79 Å². The maximum Gasteiger partial charge on any atom is 0.270 e. The second kappa shape index (κ2) is 7.53. The highest BCUT2D eigenvalue weighted by Crippen LogP contribution is 2.25. The fourth-order valence-corrected chi connectivity index (χ4v) is 3.66. The van der Waals surface area contributed by atoms with Crippen LogP contribution < -0.4 is 10.1 Å². The molecule has 1 aliphatic carbocycles. The summed E-state index contributed by atoms with van der Waals surface area (Å²) in [7, 11) is 1.52. The van der Waals surface area contributed by atoms with Crippen molar-refractivity contribution < 1.29 is 9.53 Å². The molecule has 0 aliphatic heterocycles. The van der Waals surface area contributed by atoms with Crippen LogP contribution in [0.3, 0.4) is 0 Å². The number of benzene rings is 1. The summed E-state index contributed by atoms with van der Waals surface area (Å²) in [6.45, 7) is 0. The average Bonchev–Trinajstić information content (AvgIpc) is 2.75. The van der Waals surface area contributed by atoms with Crippen molar-refractivity contribution in [2.45, 2.75) is 31.7 Å². The molecule has 126 valence electrons. The van der Waals surface area contributed by atoms with Gasteiger partial charge in [0.2, 0.25) is 0 Å². The Labute approximate surface area is 154 Å². The van der Waals surface area contributed by atoms with E-state index in [1.807, 2.05) is 0 Å².